The highest BCUT2D eigenvalue weighted by Gasteiger charge is 2.29. The summed E-state index contributed by atoms with van der Waals surface area (Å²) in [5.74, 6) is -0.308. The molecule has 132 valence electrons. The fourth-order valence-electron chi connectivity index (χ4n) is 3.29. The van der Waals surface area contributed by atoms with Crippen LogP contribution in [0.4, 0.5) is 0 Å². The molecule has 2 atom stereocenters. The van der Waals surface area contributed by atoms with Gasteiger partial charge in [0.25, 0.3) is 0 Å². The summed E-state index contributed by atoms with van der Waals surface area (Å²) in [4.78, 5) is 27.7. The Morgan fingerprint density at radius 3 is 2.58 bits per heavy atom. The predicted octanol–water partition coefficient (Wildman–Crippen LogP) is 2.45. The van der Waals surface area contributed by atoms with Crippen molar-refractivity contribution in [2.24, 2.45) is 0 Å². The zero-order chi connectivity index (χ0) is 17.5. The van der Waals surface area contributed by atoms with Gasteiger partial charge < -0.3 is 9.64 Å². The van der Waals surface area contributed by atoms with Gasteiger partial charge in [-0.15, -0.1) is 0 Å². The van der Waals surface area contributed by atoms with Gasteiger partial charge in [-0.3, -0.25) is 14.5 Å². The number of esters is 1. The molecule has 0 unspecified atom stereocenters. The van der Waals surface area contributed by atoms with Crippen molar-refractivity contribution in [2.75, 3.05) is 20.7 Å². The summed E-state index contributed by atoms with van der Waals surface area (Å²) in [7, 11) is 3.20. The first kappa shape index (κ1) is 18.5. The molecule has 0 spiro atoms. The highest BCUT2D eigenvalue weighted by Crippen LogP contribution is 2.23. The van der Waals surface area contributed by atoms with E-state index < -0.39 is 0 Å². The van der Waals surface area contributed by atoms with Crippen molar-refractivity contribution in [1.82, 2.24) is 9.80 Å². The van der Waals surface area contributed by atoms with Gasteiger partial charge in [-0.25, -0.2) is 0 Å². The highest BCUT2D eigenvalue weighted by molar-refractivity contribution is 5.81. The minimum atomic E-state index is -0.331. The summed E-state index contributed by atoms with van der Waals surface area (Å²) in [6, 6.07) is 11.2. The maximum Gasteiger partial charge on any atom is 0.306 e. The lowest BCUT2D eigenvalue weighted by Gasteiger charge is -2.41. The Kier molecular flexibility index (Phi) is 6.79. The van der Waals surface area contributed by atoms with Gasteiger partial charge in [-0.2, -0.15) is 0 Å². The van der Waals surface area contributed by atoms with Gasteiger partial charge in [-0.05, 0) is 25.3 Å². The van der Waals surface area contributed by atoms with Crippen LogP contribution < -0.4 is 0 Å². The zero-order valence-electron chi connectivity index (χ0n) is 14.9. The van der Waals surface area contributed by atoms with Crippen LogP contribution in [0, 0.1) is 0 Å². The standard InChI is InChI=1S/C19H28N2O3/c1-15-13-17(20(2)18(22)9-10-19(23)24-3)11-12-21(15)14-16-7-5-4-6-8-16/h4-8,15,17H,9-14H2,1-3H3/t15-,17+/m1/s1. The maximum atomic E-state index is 12.2. The SMILES string of the molecule is COC(=O)CCC(=O)N(C)[C@H]1CCN(Cc2ccccc2)[C@H](C)C1. The van der Waals surface area contributed by atoms with Crippen molar-refractivity contribution in [3.05, 3.63) is 35.9 Å². The second-order valence-corrected chi connectivity index (χ2v) is 6.56. The molecule has 1 fully saturated rings. The van der Waals surface area contributed by atoms with Crippen LogP contribution in [0.15, 0.2) is 30.3 Å². The van der Waals surface area contributed by atoms with Crippen molar-refractivity contribution in [2.45, 2.75) is 51.2 Å². The number of rotatable bonds is 6. The Bertz CT molecular complexity index is 547. The minimum absolute atomic E-state index is 0.0223. The second-order valence-electron chi connectivity index (χ2n) is 6.56. The molecule has 0 N–H and O–H groups in total. The van der Waals surface area contributed by atoms with E-state index in [-0.39, 0.29) is 30.8 Å². The number of hydrogen-bond donors (Lipinski definition) is 0. The summed E-state index contributed by atoms with van der Waals surface area (Å²) in [5, 5.41) is 0. The van der Waals surface area contributed by atoms with E-state index >= 15 is 0 Å². The number of ether oxygens (including phenoxy) is 1. The van der Waals surface area contributed by atoms with Gasteiger partial charge in [-0.1, -0.05) is 30.3 Å². The average molecular weight is 332 g/mol. The lowest BCUT2D eigenvalue weighted by molar-refractivity contribution is -0.144. The molecule has 24 heavy (non-hydrogen) atoms. The van der Waals surface area contributed by atoms with Crippen LogP contribution in [0.2, 0.25) is 0 Å². The number of amides is 1. The van der Waals surface area contributed by atoms with E-state index in [9.17, 15) is 9.59 Å². The number of benzene rings is 1. The van der Waals surface area contributed by atoms with Gasteiger partial charge in [0.05, 0.1) is 13.5 Å². The number of methoxy groups -OCH3 is 1. The van der Waals surface area contributed by atoms with Crippen molar-refractivity contribution < 1.29 is 14.3 Å². The molecule has 1 aliphatic heterocycles. The number of likely N-dealkylation sites (tertiary alicyclic amines) is 1. The van der Waals surface area contributed by atoms with Crippen LogP contribution >= 0.6 is 0 Å². The first-order valence-corrected chi connectivity index (χ1v) is 8.61. The molecule has 5 nitrogen and oxygen atoms in total. The molecule has 0 radical (unpaired) electrons. The maximum absolute atomic E-state index is 12.2. The molecular formula is C19H28N2O3. The first-order chi connectivity index (χ1) is 11.5. The van der Waals surface area contributed by atoms with Crippen molar-refractivity contribution in [1.29, 1.82) is 0 Å². The van der Waals surface area contributed by atoms with Gasteiger partial charge in [0, 0.05) is 38.6 Å². The van der Waals surface area contributed by atoms with E-state index in [0.717, 1.165) is 25.9 Å². The first-order valence-electron chi connectivity index (χ1n) is 8.61. The molecule has 5 heteroatoms. The molecule has 1 amide bonds. The Balaban J connectivity index is 1.83. The number of piperidine rings is 1. The molecule has 1 aromatic carbocycles. The summed E-state index contributed by atoms with van der Waals surface area (Å²) >= 11 is 0. The van der Waals surface area contributed by atoms with E-state index in [4.69, 9.17) is 0 Å². The Morgan fingerprint density at radius 1 is 1.25 bits per heavy atom. The zero-order valence-corrected chi connectivity index (χ0v) is 14.9. The number of carbonyl (C=O) groups excluding carboxylic acids is 2. The molecule has 0 saturated carbocycles. The van der Waals surface area contributed by atoms with Gasteiger partial charge >= 0.3 is 5.97 Å². The minimum Gasteiger partial charge on any atom is -0.469 e. The average Bonchev–Trinajstić information content (AvgIpc) is 2.61. The summed E-state index contributed by atoms with van der Waals surface area (Å²) in [6.07, 6.45) is 2.31. The van der Waals surface area contributed by atoms with Crippen LogP contribution in [0.1, 0.15) is 38.2 Å². The number of hydrogen-bond acceptors (Lipinski definition) is 4. The third-order valence-electron chi connectivity index (χ3n) is 4.93. The van der Waals surface area contributed by atoms with Gasteiger partial charge in [0.1, 0.15) is 0 Å². The number of nitrogens with zero attached hydrogens (tertiary/aromatic N) is 2. The van der Waals surface area contributed by atoms with Gasteiger partial charge in [0.2, 0.25) is 5.91 Å². The summed E-state index contributed by atoms with van der Waals surface area (Å²) < 4.78 is 4.60. The third kappa shape index (κ3) is 5.06. The molecule has 0 aliphatic carbocycles. The monoisotopic (exact) mass is 332 g/mol. The lowest BCUT2D eigenvalue weighted by Crippen LogP contribution is -2.49. The van der Waals surface area contributed by atoms with Crippen LogP contribution in [0.5, 0.6) is 0 Å². The van der Waals surface area contributed by atoms with Crippen LogP contribution in [0.25, 0.3) is 0 Å². The van der Waals surface area contributed by atoms with E-state index in [0.29, 0.717) is 6.04 Å². The van der Waals surface area contributed by atoms with Crippen molar-refractivity contribution in [3.8, 4) is 0 Å². The van der Waals surface area contributed by atoms with Crippen molar-refractivity contribution >= 4 is 11.9 Å². The largest absolute Gasteiger partial charge is 0.469 e. The van der Waals surface area contributed by atoms with Crippen LogP contribution in [0.3, 0.4) is 0 Å². The lowest BCUT2D eigenvalue weighted by atomic mass is 9.96. The third-order valence-corrected chi connectivity index (χ3v) is 4.93. The van der Waals surface area contributed by atoms with E-state index in [2.05, 4.69) is 40.8 Å². The molecule has 1 aliphatic rings. The van der Waals surface area contributed by atoms with Crippen LogP contribution in [-0.2, 0) is 20.9 Å². The summed E-state index contributed by atoms with van der Waals surface area (Å²) in [6.45, 7) is 4.16. The van der Waals surface area contributed by atoms with E-state index in [1.165, 1.54) is 12.7 Å². The number of carbonyl (C=O) groups is 2. The Morgan fingerprint density at radius 2 is 1.96 bits per heavy atom. The summed E-state index contributed by atoms with van der Waals surface area (Å²) in [5.41, 5.74) is 1.32. The molecule has 0 bridgehead atoms. The molecular weight excluding hydrogens is 304 g/mol. The molecule has 1 heterocycles. The Hall–Kier alpha value is -1.88. The molecule has 1 aromatic rings. The van der Waals surface area contributed by atoms with E-state index in [1.807, 2.05) is 18.0 Å². The topological polar surface area (TPSA) is 49.9 Å². The van der Waals surface area contributed by atoms with Crippen LogP contribution in [-0.4, -0.2) is 54.5 Å². The molecule has 0 aromatic heterocycles. The van der Waals surface area contributed by atoms with Gasteiger partial charge in [0.15, 0.2) is 0 Å². The second kappa shape index (κ2) is 8.83. The van der Waals surface area contributed by atoms with Crippen molar-refractivity contribution in [3.63, 3.8) is 0 Å². The smallest absolute Gasteiger partial charge is 0.306 e. The quantitative estimate of drug-likeness (QED) is 0.751. The molecule has 2 rings (SSSR count). The fraction of sp³-hybridized carbons (Fsp3) is 0.579. The molecule has 1 saturated heterocycles. The predicted molar refractivity (Wildman–Crippen MR) is 93.4 cm³/mol. The Labute approximate surface area is 144 Å². The normalized spacial score (nSPS) is 21.3. The highest BCUT2D eigenvalue weighted by atomic mass is 16.5. The van der Waals surface area contributed by atoms with E-state index in [1.54, 1.807) is 0 Å². The fourth-order valence-corrected chi connectivity index (χ4v) is 3.29.